The molecule has 238 valence electrons. The molecule has 5 atom stereocenters. The first kappa shape index (κ1) is 28.6. The summed E-state index contributed by atoms with van der Waals surface area (Å²) in [6, 6.07) is 4.36. The number of alkyl halides is 2. The lowest BCUT2D eigenvalue weighted by Crippen LogP contribution is -2.44. The van der Waals surface area contributed by atoms with Gasteiger partial charge in [-0.15, -0.1) is 11.3 Å². The second kappa shape index (κ2) is 9.70. The van der Waals surface area contributed by atoms with Gasteiger partial charge in [0.05, 0.1) is 33.0 Å². The van der Waals surface area contributed by atoms with E-state index in [4.69, 9.17) is 15.5 Å². The standard InChI is InChI=1S/C32H30F4N8OS/c33-20-3-2-17(22-18(9-37)28(38)46-27(20)22)25-23(34)26-19(10-39-25)24(21-8-16-4-7-44(11-16)42-21)40-29(41-26)45-15-31-5-1-6-43(31)14-30(12-31)13-32(30,35)36/h2-3,10,16,21,42H,1,4-8,11-15,38H2/t16-,21?,30-,31-/m0/s1. The molecule has 0 radical (unpaired) electrons. The Morgan fingerprint density at radius 1 is 1.20 bits per heavy atom. The molecule has 9 rings (SSSR count). The van der Waals surface area contributed by atoms with Crippen LogP contribution >= 0.6 is 11.3 Å². The van der Waals surface area contributed by atoms with Crippen LogP contribution in [0.25, 0.3) is 32.2 Å². The van der Waals surface area contributed by atoms with Crippen molar-refractivity contribution in [1.29, 1.82) is 5.26 Å². The highest BCUT2D eigenvalue weighted by Crippen LogP contribution is 2.69. The first-order valence-corrected chi connectivity index (χ1v) is 16.5. The van der Waals surface area contributed by atoms with Crippen LogP contribution in [-0.4, -0.2) is 69.1 Å². The topological polar surface area (TPSA) is 116 Å². The number of anilines is 1. The highest BCUT2D eigenvalue weighted by atomic mass is 32.1. The molecule has 1 aromatic carbocycles. The Balaban J connectivity index is 1.15. The molecule has 46 heavy (non-hydrogen) atoms. The average Bonchev–Trinajstić information content (AvgIpc) is 3.51. The van der Waals surface area contributed by atoms with Gasteiger partial charge < -0.3 is 10.5 Å². The lowest BCUT2D eigenvalue weighted by atomic mass is 9.89. The Labute approximate surface area is 265 Å². The molecule has 1 spiro atoms. The predicted molar refractivity (Wildman–Crippen MR) is 163 cm³/mol. The van der Waals surface area contributed by atoms with E-state index in [0.29, 0.717) is 30.0 Å². The Bertz CT molecular complexity index is 1990. The van der Waals surface area contributed by atoms with E-state index in [1.807, 2.05) is 6.07 Å². The number of hydrogen-bond acceptors (Lipinski definition) is 10. The lowest BCUT2D eigenvalue weighted by Gasteiger charge is -2.32. The fourth-order valence-electron chi connectivity index (χ4n) is 8.65. The van der Waals surface area contributed by atoms with Gasteiger partial charge in [-0.1, -0.05) is 0 Å². The van der Waals surface area contributed by atoms with E-state index >= 15 is 4.39 Å². The monoisotopic (exact) mass is 650 g/mol. The molecule has 3 aromatic heterocycles. The minimum atomic E-state index is -2.66. The number of hydrazine groups is 1. The van der Waals surface area contributed by atoms with E-state index in [1.54, 1.807) is 0 Å². The van der Waals surface area contributed by atoms with Crippen LogP contribution in [0.15, 0.2) is 18.3 Å². The van der Waals surface area contributed by atoms with Crippen LogP contribution in [0, 0.1) is 34.3 Å². The van der Waals surface area contributed by atoms with Gasteiger partial charge in [-0.3, -0.25) is 9.88 Å². The Kier molecular flexibility index (Phi) is 6.02. The molecule has 14 heteroatoms. The number of thiophene rings is 1. The van der Waals surface area contributed by atoms with Gasteiger partial charge in [0.2, 0.25) is 0 Å². The largest absolute Gasteiger partial charge is 0.461 e. The average molecular weight is 651 g/mol. The number of nitriles is 1. The van der Waals surface area contributed by atoms with Crippen molar-refractivity contribution in [2.24, 2.45) is 11.3 Å². The number of nitrogens with zero attached hydrogens (tertiary/aromatic N) is 6. The summed E-state index contributed by atoms with van der Waals surface area (Å²) in [6.07, 6.45) is 5.24. The van der Waals surface area contributed by atoms with Crippen molar-refractivity contribution in [3.8, 4) is 23.3 Å². The van der Waals surface area contributed by atoms with E-state index in [0.717, 1.165) is 56.7 Å². The minimum absolute atomic E-state index is 0.0173. The first-order valence-electron chi connectivity index (χ1n) is 15.6. The van der Waals surface area contributed by atoms with Gasteiger partial charge in [-0.05, 0) is 56.7 Å². The Morgan fingerprint density at radius 2 is 2.04 bits per heavy atom. The molecule has 4 aliphatic heterocycles. The summed E-state index contributed by atoms with van der Waals surface area (Å²) in [5.74, 6) is -3.52. The van der Waals surface area contributed by atoms with Crippen molar-refractivity contribution in [3.05, 3.63) is 41.2 Å². The number of rotatable bonds is 5. The van der Waals surface area contributed by atoms with E-state index in [2.05, 4.69) is 25.3 Å². The summed E-state index contributed by atoms with van der Waals surface area (Å²) in [5.41, 5.74) is 8.74. The number of pyridine rings is 1. The molecule has 2 unspecified atom stereocenters. The normalized spacial score (nSPS) is 31.2. The third-order valence-electron chi connectivity index (χ3n) is 11.0. The van der Waals surface area contributed by atoms with Gasteiger partial charge >= 0.3 is 6.01 Å². The van der Waals surface area contributed by atoms with Gasteiger partial charge in [-0.25, -0.2) is 28.0 Å². The number of aromatic nitrogens is 3. The van der Waals surface area contributed by atoms with Crippen LogP contribution < -0.4 is 15.9 Å². The smallest absolute Gasteiger partial charge is 0.317 e. The third-order valence-corrected chi connectivity index (χ3v) is 12.0. The maximum Gasteiger partial charge on any atom is 0.317 e. The Hall–Kier alpha value is -3.64. The number of hydrogen-bond donors (Lipinski definition) is 2. The van der Waals surface area contributed by atoms with Crippen molar-refractivity contribution >= 4 is 37.3 Å². The van der Waals surface area contributed by atoms with Gasteiger partial charge in [0.25, 0.3) is 5.92 Å². The molecule has 1 saturated carbocycles. The lowest BCUT2D eigenvalue weighted by molar-refractivity contribution is 0.0647. The van der Waals surface area contributed by atoms with Crippen molar-refractivity contribution in [3.63, 3.8) is 0 Å². The molecule has 5 aliphatic rings. The first-order chi connectivity index (χ1) is 22.1. The SMILES string of the molecule is N#Cc1c(N)sc2c(F)ccc(-c3ncc4c(C5C[C@@H]6CCN(C6)N5)nc(OC[C@@]56CCCN5C[C@@]5(CC5(F)F)C6)nc4c3F)c12. The number of halogens is 4. The van der Waals surface area contributed by atoms with Crippen LogP contribution in [0.2, 0.25) is 0 Å². The van der Waals surface area contributed by atoms with E-state index < -0.39 is 28.5 Å². The summed E-state index contributed by atoms with van der Waals surface area (Å²) >= 11 is 0.928. The van der Waals surface area contributed by atoms with Crippen molar-refractivity contribution in [1.82, 2.24) is 30.3 Å². The number of benzene rings is 1. The number of nitrogens with two attached hydrogens (primary N) is 1. The molecule has 3 N–H and O–H groups in total. The fourth-order valence-corrected chi connectivity index (χ4v) is 9.59. The number of nitrogens with one attached hydrogen (secondary N) is 1. The van der Waals surface area contributed by atoms with Gasteiger partial charge in [0.1, 0.15) is 34.7 Å². The second-order valence-electron chi connectivity index (χ2n) is 13.7. The molecule has 4 saturated heterocycles. The van der Waals surface area contributed by atoms with Gasteiger partial charge in [-0.2, -0.15) is 15.2 Å². The highest BCUT2D eigenvalue weighted by molar-refractivity contribution is 7.23. The van der Waals surface area contributed by atoms with Crippen LogP contribution in [-0.2, 0) is 0 Å². The summed E-state index contributed by atoms with van der Waals surface area (Å²) < 4.78 is 66.8. The van der Waals surface area contributed by atoms with Gasteiger partial charge in [0, 0.05) is 48.6 Å². The molecule has 7 heterocycles. The summed E-state index contributed by atoms with van der Waals surface area (Å²) in [5, 5.41) is 12.7. The molecule has 1 aliphatic carbocycles. The number of nitrogen functional groups attached to an aromatic ring is 1. The van der Waals surface area contributed by atoms with Crippen LogP contribution in [0.4, 0.5) is 22.6 Å². The number of ether oxygens (including phenoxy) is 1. The van der Waals surface area contributed by atoms with Crippen LogP contribution in [0.5, 0.6) is 6.01 Å². The van der Waals surface area contributed by atoms with Crippen LogP contribution in [0.3, 0.4) is 0 Å². The molecule has 2 bridgehead atoms. The fraction of sp³-hybridized carbons (Fsp3) is 0.500. The quantitative estimate of drug-likeness (QED) is 0.268. The highest BCUT2D eigenvalue weighted by Gasteiger charge is 2.77. The zero-order valence-electron chi connectivity index (χ0n) is 24.8. The molecule has 4 aromatic rings. The zero-order valence-corrected chi connectivity index (χ0v) is 25.6. The molecule has 9 nitrogen and oxygen atoms in total. The van der Waals surface area contributed by atoms with Crippen LogP contribution in [0.1, 0.15) is 55.8 Å². The van der Waals surface area contributed by atoms with E-state index in [-0.39, 0.29) is 62.5 Å². The summed E-state index contributed by atoms with van der Waals surface area (Å²) in [7, 11) is 0. The predicted octanol–water partition coefficient (Wildman–Crippen LogP) is 5.55. The van der Waals surface area contributed by atoms with Gasteiger partial charge in [0.15, 0.2) is 5.82 Å². The summed E-state index contributed by atoms with van der Waals surface area (Å²) in [6.45, 7) is 3.04. The zero-order chi connectivity index (χ0) is 31.6. The minimum Gasteiger partial charge on any atom is -0.461 e. The van der Waals surface area contributed by atoms with E-state index in [9.17, 15) is 18.4 Å². The summed E-state index contributed by atoms with van der Waals surface area (Å²) in [4.78, 5) is 16.0. The van der Waals surface area contributed by atoms with Crippen molar-refractivity contribution < 1.29 is 22.3 Å². The van der Waals surface area contributed by atoms with Crippen molar-refractivity contribution in [2.75, 3.05) is 38.5 Å². The van der Waals surface area contributed by atoms with Crippen molar-refractivity contribution in [2.45, 2.75) is 56.0 Å². The molecular formula is C32H30F4N8OS. The maximum absolute atomic E-state index is 16.7. The number of fused-ring (bicyclic) bond motifs is 5. The molecule has 0 amide bonds. The van der Waals surface area contributed by atoms with E-state index in [1.165, 1.54) is 18.3 Å². The Morgan fingerprint density at radius 3 is 2.83 bits per heavy atom. The maximum atomic E-state index is 16.7. The molecular weight excluding hydrogens is 620 g/mol. The molecule has 5 fully saturated rings. The second-order valence-corrected chi connectivity index (χ2v) is 14.8. The third kappa shape index (κ3) is 4.04.